The maximum Gasteiger partial charge on any atom is 0.171 e. The van der Waals surface area contributed by atoms with E-state index >= 15 is 0 Å². The van der Waals surface area contributed by atoms with E-state index in [0.717, 1.165) is 0 Å². The number of ketones is 1. The lowest BCUT2D eigenvalue weighted by molar-refractivity contribution is -0.132. The lowest BCUT2D eigenvalue weighted by Crippen LogP contribution is -2.39. The molecule has 1 unspecified atom stereocenters. The van der Waals surface area contributed by atoms with E-state index in [-0.39, 0.29) is 17.5 Å². The van der Waals surface area contributed by atoms with Crippen molar-refractivity contribution in [1.29, 1.82) is 0 Å². The number of carbonyl (C=O) groups excluding carboxylic acids is 1. The third-order valence-electron chi connectivity index (χ3n) is 4.16. The van der Waals surface area contributed by atoms with E-state index in [1.807, 2.05) is 45.7 Å². The number of rotatable bonds is 4. The van der Waals surface area contributed by atoms with Gasteiger partial charge in [-0.25, -0.2) is 4.39 Å². The molecule has 4 heteroatoms. The fraction of sp³-hybridized carbons (Fsp3) is 0.588. The van der Waals surface area contributed by atoms with Crippen LogP contribution in [0.15, 0.2) is 24.3 Å². The molecule has 1 aliphatic heterocycles. The molecule has 0 N–H and O–H groups in total. The number of hydrogen-bond acceptors (Lipinski definition) is 3. The average Bonchev–Trinajstić information content (AvgIpc) is 2.50. The molecule has 1 aromatic carbocycles. The molecule has 1 aromatic rings. The van der Waals surface area contributed by atoms with E-state index in [0.29, 0.717) is 18.7 Å². The van der Waals surface area contributed by atoms with Crippen molar-refractivity contribution in [2.45, 2.75) is 45.4 Å². The zero-order chi connectivity index (χ0) is 15.8. The Morgan fingerprint density at radius 3 is 2.38 bits per heavy atom. The molecule has 0 saturated carbocycles. The van der Waals surface area contributed by atoms with Crippen LogP contribution in [-0.4, -0.2) is 35.5 Å². The molecule has 3 nitrogen and oxygen atoms in total. The first-order valence-electron chi connectivity index (χ1n) is 7.30. The highest BCUT2D eigenvalue weighted by molar-refractivity contribution is 5.91. The summed E-state index contributed by atoms with van der Waals surface area (Å²) in [6.45, 7) is 8.56. The lowest BCUT2D eigenvalue weighted by atomic mass is 9.85. The minimum Gasteiger partial charge on any atom is -0.361 e. The number of halogens is 1. The normalized spacial score (nSPS) is 23.8. The smallest absolute Gasteiger partial charge is 0.171 e. The number of nitrogens with zero attached hydrogens (tertiary/aromatic N) is 1. The number of hydrogen-bond donors (Lipinski definition) is 0. The van der Waals surface area contributed by atoms with Crippen molar-refractivity contribution in [3.05, 3.63) is 35.6 Å². The molecule has 1 aliphatic rings. The van der Waals surface area contributed by atoms with E-state index in [2.05, 4.69) is 0 Å². The van der Waals surface area contributed by atoms with Gasteiger partial charge >= 0.3 is 0 Å². The quantitative estimate of drug-likeness (QED) is 0.854. The first kappa shape index (κ1) is 16.1. The van der Waals surface area contributed by atoms with Crippen molar-refractivity contribution in [3.63, 3.8) is 0 Å². The highest BCUT2D eigenvalue weighted by atomic mass is 19.1. The zero-order valence-electron chi connectivity index (χ0n) is 13.4. The fourth-order valence-corrected chi connectivity index (χ4v) is 3.11. The van der Waals surface area contributed by atoms with Crippen LogP contribution in [0, 0.1) is 11.7 Å². The van der Waals surface area contributed by atoms with E-state index in [1.54, 1.807) is 12.1 Å². The Bertz CT molecular complexity index is 539. The molecule has 116 valence electrons. The molecule has 1 saturated heterocycles. The topological polar surface area (TPSA) is 29.5 Å². The Balaban J connectivity index is 2.08. The molecule has 0 radical (unpaired) electrons. The van der Waals surface area contributed by atoms with Gasteiger partial charge in [0.25, 0.3) is 0 Å². The largest absolute Gasteiger partial charge is 0.361 e. The van der Waals surface area contributed by atoms with Crippen LogP contribution in [0.25, 0.3) is 0 Å². The van der Waals surface area contributed by atoms with Gasteiger partial charge < -0.3 is 9.64 Å². The monoisotopic (exact) mass is 293 g/mol. The molecule has 1 fully saturated rings. The summed E-state index contributed by atoms with van der Waals surface area (Å²) in [6.07, 6.45) is 0. The van der Waals surface area contributed by atoms with E-state index in [4.69, 9.17) is 4.74 Å². The van der Waals surface area contributed by atoms with Crippen LogP contribution >= 0.6 is 0 Å². The molecule has 0 spiro atoms. The zero-order valence-corrected chi connectivity index (χ0v) is 13.4. The standard InChI is InChI=1S/C17H24FNO2/c1-16(2)13(15(20)17(3,4)21-16)11-19(5)10-12-8-6-7-9-14(12)18/h6-9,13H,10-11H2,1-5H3. The van der Waals surface area contributed by atoms with Gasteiger partial charge in [-0.15, -0.1) is 0 Å². The summed E-state index contributed by atoms with van der Waals surface area (Å²) in [5, 5.41) is 0. The van der Waals surface area contributed by atoms with E-state index in [9.17, 15) is 9.18 Å². The lowest BCUT2D eigenvalue weighted by Gasteiger charge is -2.28. The SMILES string of the molecule is CN(Cc1ccccc1F)CC1C(=O)C(C)(C)OC1(C)C. The van der Waals surface area contributed by atoms with Crippen molar-refractivity contribution in [2.75, 3.05) is 13.6 Å². The van der Waals surface area contributed by atoms with Crippen LogP contribution in [0.1, 0.15) is 33.3 Å². The summed E-state index contributed by atoms with van der Waals surface area (Å²) in [5.74, 6) is -0.296. The third-order valence-corrected chi connectivity index (χ3v) is 4.16. The van der Waals surface area contributed by atoms with Crippen LogP contribution in [0.5, 0.6) is 0 Å². The van der Waals surface area contributed by atoms with Gasteiger partial charge in [-0.2, -0.15) is 0 Å². The molecular formula is C17H24FNO2. The van der Waals surface area contributed by atoms with E-state index in [1.165, 1.54) is 6.07 Å². The second-order valence-corrected chi connectivity index (χ2v) is 6.92. The van der Waals surface area contributed by atoms with Gasteiger partial charge in [0.1, 0.15) is 11.4 Å². The van der Waals surface area contributed by atoms with Crippen LogP contribution < -0.4 is 0 Å². The van der Waals surface area contributed by atoms with Crippen molar-refractivity contribution in [3.8, 4) is 0 Å². The Hall–Kier alpha value is -1.26. The van der Waals surface area contributed by atoms with E-state index < -0.39 is 11.2 Å². The molecule has 2 rings (SSSR count). The molecule has 0 amide bonds. The van der Waals surface area contributed by atoms with Crippen molar-refractivity contribution >= 4 is 5.78 Å². The highest BCUT2D eigenvalue weighted by Gasteiger charge is 2.53. The van der Waals surface area contributed by atoms with Crippen LogP contribution in [0.4, 0.5) is 4.39 Å². The minimum absolute atomic E-state index is 0.118. The van der Waals surface area contributed by atoms with Crippen molar-refractivity contribution in [2.24, 2.45) is 5.92 Å². The van der Waals surface area contributed by atoms with Gasteiger partial charge in [-0.3, -0.25) is 4.79 Å². The van der Waals surface area contributed by atoms with Crippen LogP contribution in [0.3, 0.4) is 0 Å². The van der Waals surface area contributed by atoms with Gasteiger partial charge in [0, 0.05) is 18.7 Å². The van der Waals surface area contributed by atoms with Crippen molar-refractivity contribution in [1.82, 2.24) is 4.90 Å². The number of carbonyl (C=O) groups is 1. The molecule has 1 atom stereocenters. The fourth-order valence-electron chi connectivity index (χ4n) is 3.11. The predicted molar refractivity (Wildman–Crippen MR) is 80.5 cm³/mol. The van der Waals surface area contributed by atoms with Gasteiger partial charge in [0.2, 0.25) is 0 Å². The highest BCUT2D eigenvalue weighted by Crippen LogP contribution is 2.39. The summed E-state index contributed by atoms with van der Waals surface area (Å²) in [6, 6.07) is 6.73. The third kappa shape index (κ3) is 3.33. The molecular weight excluding hydrogens is 269 g/mol. The number of ether oxygens (including phenoxy) is 1. The first-order chi connectivity index (χ1) is 9.63. The van der Waals surface area contributed by atoms with Gasteiger partial charge in [-0.05, 0) is 40.8 Å². The Morgan fingerprint density at radius 2 is 1.86 bits per heavy atom. The Morgan fingerprint density at radius 1 is 1.24 bits per heavy atom. The number of Topliss-reactive ketones (excluding diaryl/α,β-unsaturated/α-hetero) is 1. The maximum absolute atomic E-state index is 13.7. The molecule has 21 heavy (non-hydrogen) atoms. The summed E-state index contributed by atoms with van der Waals surface area (Å²) >= 11 is 0. The summed E-state index contributed by atoms with van der Waals surface area (Å²) in [5.41, 5.74) is -0.597. The second kappa shape index (κ2) is 5.50. The summed E-state index contributed by atoms with van der Waals surface area (Å²) < 4.78 is 19.6. The minimum atomic E-state index is -0.743. The molecule has 0 aliphatic carbocycles. The second-order valence-electron chi connectivity index (χ2n) is 6.92. The average molecular weight is 293 g/mol. The Kier molecular flexibility index (Phi) is 4.22. The molecule has 0 aromatic heterocycles. The van der Waals surface area contributed by atoms with Gasteiger partial charge in [0.15, 0.2) is 5.78 Å². The maximum atomic E-state index is 13.7. The Labute approximate surface area is 126 Å². The summed E-state index contributed by atoms with van der Waals surface area (Å²) in [7, 11) is 1.90. The summed E-state index contributed by atoms with van der Waals surface area (Å²) in [4.78, 5) is 14.5. The first-order valence-corrected chi connectivity index (χ1v) is 7.30. The molecule has 1 heterocycles. The van der Waals surface area contributed by atoms with Crippen LogP contribution in [0.2, 0.25) is 0 Å². The predicted octanol–water partition coefficient (Wildman–Crippen LogP) is 3.03. The van der Waals surface area contributed by atoms with Gasteiger partial charge in [0.05, 0.1) is 11.5 Å². The van der Waals surface area contributed by atoms with Gasteiger partial charge in [-0.1, -0.05) is 18.2 Å². The molecule has 0 bridgehead atoms. The number of benzene rings is 1. The van der Waals surface area contributed by atoms with Crippen LogP contribution in [-0.2, 0) is 16.1 Å². The van der Waals surface area contributed by atoms with Crippen molar-refractivity contribution < 1.29 is 13.9 Å².